The minimum Gasteiger partial charge on any atom is -0.296 e. The van der Waals surface area contributed by atoms with Crippen molar-refractivity contribution in [3.05, 3.63) is 0 Å². The second kappa shape index (κ2) is 3.57. The van der Waals surface area contributed by atoms with Gasteiger partial charge in [-0.05, 0) is 0 Å². The van der Waals surface area contributed by atoms with Crippen LogP contribution in [0.2, 0.25) is 0 Å². The lowest BCUT2D eigenvalue weighted by atomic mass is 10.2. The summed E-state index contributed by atoms with van der Waals surface area (Å²) in [5, 5.41) is 0. The Morgan fingerprint density at radius 2 is 1.69 bits per heavy atom. The van der Waals surface area contributed by atoms with E-state index in [1.165, 1.54) is 0 Å². The highest BCUT2D eigenvalue weighted by Gasteiger charge is 2.43. The van der Waals surface area contributed by atoms with E-state index in [4.69, 9.17) is 0 Å². The number of nitrogens with zero attached hydrogens (tertiary/aromatic N) is 2. The summed E-state index contributed by atoms with van der Waals surface area (Å²) >= 11 is -5.50. The van der Waals surface area contributed by atoms with Crippen molar-refractivity contribution in [1.82, 2.24) is 9.80 Å². The van der Waals surface area contributed by atoms with Crippen molar-refractivity contribution >= 4 is 0 Å². The van der Waals surface area contributed by atoms with Gasteiger partial charge in [0.15, 0.2) is 0 Å². The van der Waals surface area contributed by atoms with Crippen LogP contribution >= 0.6 is 0 Å². The topological polar surface area (TPSA) is 84.9 Å². The average Bonchev–Trinajstić information content (AvgIpc) is 2.03. The van der Waals surface area contributed by atoms with Crippen LogP contribution in [0, 0.1) is 0 Å². The number of fused-ring (bicyclic) bond motifs is 3. The molecule has 1 atom stereocenters. The summed E-state index contributed by atoms with van der Waals surface area (Å²) in [7, 11) is 0. The van der Waals surface area contributed by atoms with Crippen molar-refractivity contribution in [3.8, 4) is 0 Å². The van der Waals surface area contributed by atoms with Gasteiger partial charge < -0.3 is 0 Å². The first kappa shape index (κ1) is 10.0. The molecule has 0 aliphatic carbocycles. The first-order valence-corrected chi connectivity index (χ1v) is 7.62. The Bertz CT molecular complexity index is 190. The van der Waals surface area contributed by atoms with Crippen LogP contribution in [0.5, 0.6) is 0 Å². The molecule has 3 fully saturated rings. The van der Waals surface area contributed by atoms with Gasteiger partial charge in [0.1, 0.15) is 0 Å². The Morgan fingerprint density at radius 3 is 2.08 bits per heavy atom. The maximum atomic E-state index is 10.4. The Kier molecular flexibility index (Phi) is 2.75. The highest BCUT2D eigenvalue weighted by atomic mass is 127. The molecule has 76 valence electrons. The van der Waals surface area contributed by atoms with E-state index < -0.39 is 26.3 Å². The zero-order valence-corrected chi connectivity index (χ0v) is 9.18. The molecule has 3 heterocycles. The molecule has 3 aliphatic rings. The van der Waals surface area contributed by atoms with E-state index in [-0.39, 0.29) is 0 Å². The van der Waals surface area contributed by atoms with E-state index in [1.807, 2.05) is 4.90 Å². The number of rotatable bonds is 2. The molecule has 13 heavy (non-hydrogen) atoms. The lowest BCUT2D eigenvalue weighted by molar-refractivity contribution is -1.92. The molecule has 0 N–H and O–H groups in total. The Hall–Kier alpha value is 0.490. The van der Waals surface area contributed by atoms with Crippen LogP contribution in [0.3, 0.4) is 0 Å². The van der Waals surface area contributed by atoms with Crippen LogP contribution in [0.15, 0.2) is 0 Å². The van der Waals surface area contributed by atoms with Crippen molar-refractivity contribution < 1.29 is 33.5 Å². The van der Waals surface area contributed by atoms with Crippen molar-refractivity contribution in [2.45, 2.75) is 6.23 Å². The third kappa shape index (κ3) is 2.49. The molecule has 3 saturated heterocycles. The molecule has 6 nitrogen and oxygen atoms in total. The lowest BCUT2D eigenvalue weighted by Crippen LogP contribution is -4.24. The molecule has 3 aliphatic heterocycles. The van der Waals surface area contributed by atoms with Gasteiger partial charge in [-0.1, -0.05) is 0 Å². The third-order valence-corrected chi connectivity index (χ3v) is 3.65. The maximum Gasteiger partial charge on any atom is 0.375 e. The van der Waals surface area contributed by atoms with Gasteiger partial charge in [-0.15, -0.1) is 0 Å². The first-order chi connectivity index (χ1) is 6.04. The number of hydrogen-bond acceptors (Lipinski definition) is 6. The predicted octanol–water partition coefficient (Wildman–Crippen LogP) is -7.14. The van der Waals surface area contributed by atoms with Gasteiger partial charge in [0.25, 0.3) is 6.23 Å². The molecule has 0 saturated carbocycles. The van der Waals surface area contributed by atoms with Gasteiger partial charge in [0, 0.05) is 26.2 Å². The van der Waals surface area contributed by atoms with Crippen molar-refractivity contribution in [2.24, 2.45) is 0 Å². The summed E-state index contributed by atoms with van der Waals surface area (Å²) in [5.41, 5.74) is 0. The fraction of sp³-hybridized carbons (Fsp3) is 1.00. The summed E-state index contributed by atoms with van der Waals surface area (Å²) in [6.07, 6.45) is -0.522. The summed E-state index contributed by atoms with van der Waals surface area (Å²) in [6.45, 7) is 4.01. The summed E-state index contributed by atoms with van der Waals surface area (Å²) in [6, 6.07) is 0. The van der Waals surface area contributed by atoms with Crippen molar-refractivity contribution in [1.29, 1.82) is 0 Å². The number of halogens is 1. The van der Waals surface area contributed by atoms with Gasteiger partial charge in [0.2, 0.25) is 0 Å². The SMILES string of the molecule is [O-][I+3]([O-])([O-])OC1CN2CCN1CC2. The highest BCUT2D eigenvalue weighted by Crippen LogP contribution is 2.14. The molecule has 0 aromatic carbocycles. The van der Waals surface area contributed by atoms with E-state index in [2.05, 4.69) is 7.97 Å². The summed E-state index contributed by atoms with van der Waals surface area (Å²) in [4.78, 5) is 4.02. The monoisotopic (exact) mass is 302 g/mol. The molecule has 1 unspecified atom stereocenters. The number of piperazine rings is 3. The fourth-order valence-corrected chi connectivity index (χ4v) is 2.98. The molecule has 7 heteroatoms. The largest absolute Gasteiger partial charge is 0.375 e. The lowest BCUT2D eigenvalue weighted by Gasteiger charge is -2.43. The highest BCUT2D eigenvalue weighted by molar-refractivity contribution is 4.82. The smallest absolute Gasteiger partial charge is 0.296 e. The fourth-order valence-electron chi connectivity index (χ4n) is 1.78. The van der Waals surface area contributed by atoms with Gasteiger partial charge in [-0.3, -0.25) is 20.1 Å². The zero-order chi connectivity index (χ0) is 9.47. The van der Waals surface area contributed by atoms with Gasteiger partial charge in [-0.25, -0.2) is 0 Å². The standard InChI is InChI=1S/C6H11IN2O4/c10-7(11,12)13-6-5-8-1-3-9(6)4-2-8/h6H,1-5H2. The molecule has 0 aromatic heterocycles. The second-order valence-electron chi connectivity index (χ2n) is 3.26. The normalized spacial score (nSPS) is 39.5. The van der Waals surface area contributed by atoms with E-state index in [0.717, 1.165) is 26.2 Å². The predicted molar refractivity (Wildman–Crippen MR) is 32.9 cm³/mol. The quantitative estimate of drug-likeness (QED) is 0.471. The van der Waals surface area contributed by atoms with Crippen LogP contribution < -0.4 is 30.4 Å². The molecule has 0 aromatic rings. The molecule has 2 bridgehead atoms. The molecule has 3 rings (SSSR count). The van der Waals surface area contributed by atoms with E-state index >= 15 is 0 Å². The second-order valence-corrected chi connectivity index (χ2v) is 5.92. The van der Waals surface area contributed by atoms with Crippen LogP contribution in [-0.4, -0.2) is 48.8 Å². The molecular formula is C6H11IN2O4. The molecule has 0 spiro atoms. The van der Waals surface area contributed by atoms with E-state index in [9.17, 15) is 10.3 Å². The Balaban J connectivity index is 1.94. The Labute approximate surface area is 82.4 Å². The molecule has 0 radical (unpaired) electrons. The summed E-state index contributed by atoms with van der Waals surface area (Å²) in [5.74, 6) is 0. The third-order valence-electron chi connectivity index (χ3n) is 2.44. The zero-order valence-electron chi connectivity index (χ0n) is 7.02. The summed E-state index contributed by atoms with van der Waals surface area (Å²) < 4.78 is 35.9. The van der Waals surface area contributed by atoms with Crippen LogP contribution in [-0.2, 0) is 3.07 Å². The Morgan fingerprint density at radius 1 is 1.08 bits per heavy atom. The minimum absolute atomic E-state index is 0.522. The van der Waals surface area contributed by atoms with E-state index in [1.54, 1.807) is 0 Å². The van der Waals surface area contributed by atoms with Crippen LogP contribution in [0.25, 0.3) is 0 Å². The van der Waals surface area contributed by atoms with E-state index in [0.29, 0.717) is 6.54 Å². The van der Waals surface area contributed by atoms with Gasteiger partial charge in [-0.2, -0.15) is 0 Å². The first-order valence-electron chi connectivity index (χ1n) is 4.10. The molecule has 0 amide bonds. The van der Waals surface area contributed by atoms with Gasteiger partial charge in [0.05, 0.1) is 9.61 Å². The molecular weight excluding hydrogens is 291 g/mol. The van der Waals surface area contributed by atoms with Crippen LogP contribution in [0.4, 0.5) is 0 Å². The van der Waals surface area contributed by atoms with Crippen molar-refractivity contribution in [2.75, 3.05) is 32.7 Å². The number of hydrogen-bond donors (Lipinski definition) is 0. The average molecular weight is 302 g/mol. The van der Waals surface area contributed by atoms with Gasteiger partial charge >= 0.3 is 20.1 Å². The van der Waals surface area contributed by atoms with Crippen molar-refractivity contribution in [3.63, 3.8) is 0 Å². The minimum atomic E-state index is -5.50. The maximum absolute atomic E-state index is 10.4. The van der Waals surface area contributed by atoms with Crippen LogP contribution in [0.1, 0.15) is 0 Å².